The second kappa shape index (κ2) is 14.0. The largest absolute Gasteiger partial charge is 0.490 e. The number of amides is 2. The molecule has 0 radical (unpaired) electrons. The third-order valence-electron chi connectivity index (χ3n) is 5.65. The topological polar surface area (TPSA) is 89.0 Å². The summed E-state index contributed by atoms with van der Waals surface area (Å²) in [6.45, 7) is 2.51. The van der Waals surface area contributed by atoms with Crippen LogP contribution in [0.3, 0.4) is 0 Å². The highest BCUT2D eigenvalue weighted by Crippen LogP contribution is 2.37. The molecule has 0 saturated heterocycles. The second-order valence-electron chi connectivity index (χ2n) is 8.67. The standard InChI is InChI=1S/C31H27BrFN3O4/c1-2-39-28-17-23(16-27(32)30(28)40-20-22-8-12-25(33)13-9-22)19-34-36-31(38)24-10-14-26(15-11-24)35-29(37)18-21-6-4-3-5-7-21/h3-17,19H,2,18,20H2,1H3,(H,35,37)(H,36,38)/b34-19+. The number of hydrogen-bond donors (Lipinski definition) is 2. The van der Waals surface area contributed by atoms with E-state index in [1.807, 2.05) is 37.3 Å². The number of carbonyl (C=O) groups excluding carboxylic acids is 2. The number of nitrogens with one attached hydrogen (secondary N) is 2. The number of halogens is 2. The number of nitrogens with zero attached hydrogens (tertiary/aromatic N) is 1. The average molecular weight is 604 g/mol. The Bertz CT molecular complexity index is 1480. The van der Waals surface area contributed by atoms with Crippen LogP contribution in [0.25, 0.3) is 0 Å². The van der Waals surface area contributed by atoms with Crippen LogP contribution >= 0.6 is 15.9 Å². The van der Waals surface area contributed by atoms with Gasteiger partial charge in [0.15, 0.2) is 11.5 Å². The molecule has 4 aromatic rings. The van der Waals surface area contributed by atoms with Crippen molar-refractivity contribution in [3.8, 4) is 11.5 Å². The van der Waals surface area contributed by atoms with E-state index in [-0.39, 0.29) is 24.8 Å². The SMILES string of the molecule is CCOc1cc(/C=N/NC(=O)c2ccc(NC(=O)Cc3ccccc3)cc2)cc(Br)c1OCc1ccc(F)cc1. The summed E-state index contributed by atoms with van der Waals surface area (Å²) < 4.78 is 25.5. The third-order valence-corrected chi connectivity index (χ3v) is 6.24. The van der Waals surface area contributed by atoms with Crippen LogP contribution in [-0.2, 0) is 17.8 Å². The Hall–Kier alpha value is -4.50. The molecule has 0 atom stereocenters. The lowest BCUT2D eigenvalue weighted by Gasteiger charge is -2.14. The van der Waals surface area contributed by atoms with Crippen molar-refractivity contribution in [2.75, 3.05) is 11.9 Å². The van der Waals surface area contributed by atoms with Crippen molar-refractivity contribution < 1.29 is 23.5 Å². The van der Waals surface area contributed by atoms with Crippen molar-refractivity contribution in [3.05, 3.63) is 124 Å². The van der Waals surface area contributed by atoms with Gasteiger partial charge in [0.1, 0.15) is 12.4 Å². The van der Waals surface area contributed by atoms with Crippen LogP contribution in [0, 0.1) is 5.82 Å². The second-order valence-corrected chi connectivity index (χ2v) is 9.52. The van der Waals surface area contributed by atoms with Crippen LogP contribution < -0.4 is 20.2 Å². The first-order valence-corrected chi connectivity index (χ1v) is 13.3. The molecule has 0 heterocycles. The summed E-state index contributed by atoms with van der Waals surface area (Å²) >= 11 is 3.51. The van der Waals surface area contributed by atoms with Crippen LogP contribution in [0.15, 0.2) is 101 Å². The minimum absolute atomic E-state index is 0.141. The fourth-order valence-corrected chi connectivity index (χ4v) is 4.30. The van der Waals surface area contributed by atoms with Gasteiger partial charge in [-0.15, -0.1) is 0 Å². The van der Waals surface area contributed by atoms with Gasteiger partial charge in [0.2, 0.25) is 5.91 Å². The molecule has 2 amide bonds. The molecule has 2 N–H and O–H groups in total. The van der Waals surface area contributed by atoms with Gasteiger partial charge in [-0.25, -0.2) is 9.82 Å². The van der Waals surface area contributed by atoms with Gasteiger partial charge in [0, 0.05) is 11.3 Å². The van der Waals surface area contributed by atoms with Gasteiger partial charge < -0.3 is 14.8 Å². The first kappa shape index (κ1) is 28.5. The van der Waals surface area contributed by atoms with Gasteiger partial charge in [0.05, 0.1) is 23.7 Å². The van der Waals surface area contributed by atoms with Crippen LogP contribution in [0.5, 0.6) is 11.5 Å². The lowest BCUT2D eigenvalue weighted by molar-refractivity contribution is -0.115. The van der Waals surface area contributed by atoms with Gasteiger partial charge in [-0.05, 0) is 88.1 Å². The summed E-state index contributed by atoms with van der Waals surface area (Å²) in [7, 11) is 0. The summed E-state index contributed by atoms with van der Waals surface area (Å²) in [6, 6.07) is 25.6. The molecule has 0 saturated carbocycles. The van der Waals surface area contributed by atoms with Gasteiger partial charge >= 0.3 is 0 Å². The van der Waals surface area contributed by atoms with E-state index in [1.54, 1.807) is 48.5 Å². The number of hydrazone groups is 1. The Morgan fingerprint density at radius 2 is 1.65 bits per heavy atom. The molecule has 0 aliphatic rings. The van der Waals surface area contributed by atoms with Crippen LogP contribution in [-0.4, -0.2) is 24.6 Å². The number of benzene rings is 4. The summed E-state index contributed by atoms with van der Waals surface area (Å²) in [5.74, 6) is 0.148. The monoisotopic (exact) mass is 603 g/mol. The minimum atomic E-state index is -0.401. The molecule has 204 valence electrons. The third kappa shape index (κ3) is 8.25. The van der Waals surface area contributed by atoms with Gasteiger partial charge in [-0.3, -0.25) is 9.59 Å². The van der Waals surface area contributed by atoms with Gasteiger partial charge in [0.25, 0.3) is 5.91 Å². The van der Waals surface area contributed by atoms with Crippen molar-refractivity contribution >= 4 is 39.6 Å². The summed E-state index contributed by atoms with van der Waals surface area (Å²) in [6.07, 6.45) is 1.76. The molecule has 0 aliphatic carbocycles. The molecule has 7 nitrogen and oxygen atoms in total. The molecule has 0 bridgehead atoms. The molecule has 40 heavy (non-hydrogen) atoms. The molecule has 0 aromatic heterocycles. The minimum Gasteiger partial charge on any atom is -0.490 e. The average Bonchev–Trinajstić information content (AvgIpc) is 2.94. The molecular formula is C31H27BrFN3O4. The van der Waals surface area contributed by atoms with E-state index in [0.717, 1.165) is 11.1 Å². The van der Waals surface area contributed by atoms with Gasteiger partial charge in [-0.2, -0.15) is 5.10 Å². The van der Waals surface area contributed by atoms with E-state index >= 15 is 0 Å². The Balaban J connectivity index is 1.34. The van der Waals surface area contributed by atoms with E-state index < -0.39 is 5.91 Å². The molecule has 4 aromatic carbocycles. The normalized spacial score (nSPS) is 10.8. The lowest BCUT2D eigenvalue weighted by Crippen LogP contribution is -2.18. The maximum atomic E-state index is 13.2. The summed E-state index contributed by atoms with van der Waals surface area (Å²) in [5.41, 5.74) is 5.88. The van der Waals surface area contributed by atoms with Crippen molar-refractivity contribution in [1.82, 2.24) is 5.43 Å². The highest BCUT2D eigenvalue weighted by molar-refractivity contribution is 9.10. The quantitative estimate of drug-likeness (QED) is 0.151. The van der Waals surface area contributed by atoms with E-state index in [0.29, 0.717) is 39.4 Å². The van der Waals surface area contributed by atoms with E-state index in [4.69, 9.17) is 9.47 Å². The lowest BCUT2D eigenvalue weighted by atomic mass is 10.1. The van der Waals surface area contributed by atoms with E-state index in [1.165, 1.54) is 18.3 Å². The van der Waals surface area contributed by atoms with Crippen molar-refractivity contribution in [3.63, 3.8) is 0 Å². The predicted octanol–water partition coefficient (Wildman–Crippen LogP) is 6.51. The maximum Gasteiger partial charge on any atom is 0.271 e. The van der Waals surface area contributed by atoms with Crippen molar-refractivity contribution in [2.24, 2.45) is 5.10 Å². The Morgan fingerprint density at radius 3 is 2.35 bits per heavy atom. The van der Waals surface area contributed by atoms with Crippen molar-refractivity contribution in [2.45, 2.75) is 20.0 Å². The van der Waals surface area contributed by atoms with Crippen LogP contribution in [0.1, 0.15) is 34.0 Å². The number of anilines is 1. The number of rotatable bonds is 11. The van der Waals surface area contributed by atoms with Crippen LogP contribution in [0.4, 0.5) is 10.1 Å². The Morgan fingerprint density at radius 1 is 0.925 bits per heavy atom. The molecule has 0 fully saturated rings. The Kier molecular flexibility index (Phi) is 10.0. The molecule has 9 heteroatoms. The highest BCUT2D eigenvalue weighted by Gasteiger charge is 2.13. The molecule has 0 unspecified atom stereocenters. The zero-order valence-corrected chi connectivity index (χ0v) is 23.3. The molecule has 0 spiro atoms. The predicted molar refractivity (Wildman–Crippen MR) is 156 cm³/mol. The summed E-state index contributed by atoms with van der Waals surface area (Å²) in [4.78, 5) is 24.8. The fourth-order valence-electron chi connectivity index (χ4n) is 3.72. The summed E-state index contributed by atoms with van der Waals surface area (Å²) in [5, 5.41) is 6.89. The molecular weight excluding hydrogens is 577 g/mol. The Labute approximate surface area is 240 Å². The van der Waals surface area contributed by atoms with E-state index in [9.17, 15) is 14.0 Å². The number of hydrogen-bond acceptors (Lipinski definition) is 5. The fraction of sp³-hybridized carbons (Fsp3) is 0.129. The zero-order valence-electron chi connectivity index (χ0n) is 21.7. The highest BCUT2D eigenvalue weighted by atomic mass is 79.9. The maximum absolute atomic E-state index is 13.2. The smallest absolute Gasteiger partial charge is 0.271 e. The van der Waals surface area contributed by atoms with Crippen LogP contribution in [0.2, 0.25) is 0 Å². The van der Waals surface area contributed by atoms with E-state index in [2.05, 4.69) is 31.8 Å². The molecule has 4 rings (SSSR count). The zero-order chi connectivity index (χ0) is 28.3. The number of ether oxygens (including phenoxy) is 2. The first-order valence-electron chi connectivity index (χ1n) is 12.5. The van der Waals surface area contributed by atoms with Crippen molar-refractivity contribution in [1.29, 1.82) is 0 Å². The first-order chi connectivity index (χ1) is 19.4. The number of carbonyl (C=O) groups is 2. The van der Waals surface area contributed by atoms with Gasteiger partial charge in [-0.1, -0.05) is 42.5 Å². The molecule has 0 aliphatic heterocycles.